The molecule has 1 aliphatic heterocycles. The monoisotopic (exact) mass is 529 g/mol. The van der Waals surface area contributed by atoms with Crippen LogP contribution in [-0.2, 0) is 19.8 Å². The average molecular weight is 530 g/mol. The quantitative estimate of drug-likeness (QED) is 0.288. The van der Waals surface area contributed by atoms with Gasteiger partial charge in [-0.2, -0.15) is 5.10 Å². The summed E-state index contributed by atoms with van der Waals surface area (Å²) < 4.78 is 0. The maximum Gasteiger partial charge on any atom is 0.244 e. The number of fused-ring (bicyclic) bond motifs is 1. The van der Waals surface area contributed by atoms with Crippen LogP contribution in [0.1, 0.15) is 60.8 Å². The van der Waals surface area contributed by atoms with E-state index in [0.717, 1.165) is 35.1 Å². The molecule has 5 aliphatic carbocycles. The number of imide groups is 1. The predicted octanol–water partition coefficient (Wildman–Crippen LogP) is 5.17. The van der Waals surface area contributed by atoms with Gasteiger partial charge in [-0.05, 0) is 58.6 Å². The standard InChI is InChI=1S/C34H31N3O3/c1-33-18-10-9-17-25(33)28(33)30(38)36-35-19-34-23-15-7-5-13-21(23)26(22-14-6-8-16-24(22)34)27-29(34)32(40)37(31(27)39)20-11-3-2-4-12-20/h2-8,11-16,19,25-29H,9-10,17-18H2,1H3,(H,36,38)/b35-19-/t25-,26?,27+,28-,29+,33+,34?/m1/s1. The van der Waals surface area contributed by atoms with E-state index in [-0.39, 0.29) is 35.0 Å². The van der Waals surface area contributed by atoms with Crippen LogP contribution in [0.5, 0.6) is 0 Å². The minimum absolute atomic E-state index is 0.0117. The van der Waals surface area contributed by atoms with Crippen molar-refractivity contribution in [3.63, 3.8) is 0 Å². The summed E-state index contributed by atoms with van der Waals surface area (Å²) in [5.41, 5.74) is 6.65. The smallest absolute Gasteiger partial charge is 0.244 e. The van der Waals surface area contributed by atoms with E-state index in [1.165, 1.54) is 17.7 Å². The topological polar surface area (TPSA) is 78.8 Å². The Bertz CT molecular complexity index is 1570. The Labute approximate surface area is 233 Å². The Morgan fingerprint density at radius 3 is 2.20 bits per heavy atom. The molecule has 1 N–H and O–H groups in total. The molecule has 5 atom stereocenters. The van der Waals surface area contributed by atoms with E-state index in [0.29, 0.717) is 11.6 Å². The first-order valence-corrected chi connectivity index (χ1v) is 14.4. The third kappa shape index (κ3) is 2.89. The van der Waals surface area contributed by atoms with Crippen LogP contribution >= 0.6 is 0 Å². The van der Waals surface area contributed by atoms with Crippen molar-refractivity contribution >= 4 is 29.6 Å². The minimum Gasteiger partial charge on any atom is -0.274 e. The number of carbonyl (C=O) groups excluding carboxylic acids is 3. The largest absolute Gasteiger partial charge is 0.274 e. The maximum absolute atomic E-state index is 14.3. The fraction of sp³-hybridized carbons (Fsp3) is 0.353. The third-order valence-electron chi connectivity index (χ3n) is 10.8. The lowest BCUT2D eigenvalue weighted by Crippen LogP contribution is -2.54. The van der Waals surface area contributed by atoms with Gasteiger partial charge in [-0.25, -0.2) is 10.3 Å². The van der Waals surface area contributed by atoms with Crippen LogP contribution in [0.15, 0.2) is 84.0 Å². The van der Waals surface area contributed by atoms with E-state index < -0.39 is 17.3 Å². The zero-order valence-electron chi connectivity index (χ0n) is 22.4. The molecule has 0 spiro atoms. The molecule has 0 radical (unpaired) electrons. The van der Waals surface area contributed by atoms with Crippen LogP contribution in [0.3, 0.4) is 0 Å². The van der Waals surface area contributed by atoms with Crippen molar-refractivity contribution in [2.24, 2.45) is 34.2 Å². The molecule has 3 aromatic carbocycles. The van der Waals surface area contributed by atoms with E-state index in [4.69, 9.17) is 0 Å². The molecule has 200 valence electrons. The first-order chi connectivity index (χ1) is 19.5. The van der Waals surface area contributed by atoms with Gasteiger partial charge in [0.25, 0.3) is 0 Å². The van der Waals surface area contributed by atoms with Crippen molar-refractivity contribution in [1.29, 1.82) is 0 Å². The summed E-state index contributed by atoms with van der Waals surface area (Å²) in [7, 11) is 0. The molecule has 1 heterocycles. The summed E-state index contributed by atoms with van der Waals surface area (Å²) in [6, 6.07) is 25.4. The van der Waals surface area contributed by atoms with Gasteiger partial charge < -0.3 is 0 Å². The lowest BCUT2D eigenvalue weighted by molar-refractivity contribution is -0.124. The van der Waals surface area contributed by atoms with Crippen LogP contribution in [0.25, 0.3) is 0 Å². The van der Waals surface area contributed by atoms with Crippen molar-refractivity contribution < 1.29 is 14.4 Å². The number of nitrogens with one attached hydrogen (secondary N) is 1. The Morgan fingerprint density at radius 2 is 1.55 bits per heavy atom. The van der Waals surface area contributed by atoms with Gasteiger partial charge in [-0.1, -0.05) is 86.5 Å². The number of benzene rings is 3. The number of carbonyl (C=O) groups is 3. The zero-order chi connectivity index (χ0) is 27.2. The van der Waals surface area contributed by atoms with Crippen LogP contribution in [0.2, 0.25) is 0 Å². The Kier molecular flexibility index (Phi) is 4.89. The normalized spacial score (nSPS) is 34.7. The summed E-state index contributed by atoms with van der Waals surface area (Å²) in [6.45, 7) is 2.23. The van der Waals surface area contributed by atoms with E-state index >= 15 is 0 Å². The van der Waals surface area contributed by atoms with E-state index in [2.05, 4.69) is 41.7 Å². The first-order valence-electron chi connectivity index (χ1n) is 14.4. The fourth-order valence-corrected chi connectivity index (χ4v) is 9.00. The molecule has 3 fully saturated rings. The Morgan fingerprint density at radius 1 is 0.900 bits per heavy atom. The van der Waals surface area contributed by atoms with Crippen LogP contribution < -0.4 is 10.3 Å². The number of para-hydroxylation sites is 1. The van der Waals surface area contributed by atoms with E-state index in [9.17, 15) is 14.4 Å². The lowest BCUT2D eigenvalue weighted by Gasteiger charge is -2.52. The number of nitrogens with zero attached hydrogens (tertiary/aromatic N) is 2. The number of anilines is 1. The highest BCUT2D eigenvalue weighted by Gasteiger charge is 2.68. The van der Waals surface area contributed by atoms with Crippen molar-refractivity contribution in [2.45, 2.75) is 43.9 Å². The highest BCUT2D eigenvalue weighted by Crippen LogP contribution is 2.66. The molecule has 3 aromatic rings. The highest BCUT2D eigenvalue weighted by atomic mass is 16.2. The molecule has 2 saturated carbocycles. The van der Waals surface area contributed by atoms with E-state index in [1.54, 1.807) is 6.21 Å². The number of amides is 3. The number of rotatable bonds is 4. The molecule has 0 aromatic heterocycles. The molecule has 2 bridgehead atoms. The summed E-state index contributed by atoms with van der Waals surface area (Å²) in [5.74, 6) is -1.44. The van der Waals surface area contributed by atoms with Crippen molar-refractivity contribution in [3.8, 4) is 0 Å². The molecule has 1 saturated heterocycles. The van der Waals surface area contributed by atoms with Gasteiger partial charge in [0.05, 0.1) is 22.9 Å². The van der Waals surface area contributed by atoms with Gasteiger partial charge in [-0.3, -0.25) is 14.4 Å². The van der Waals surface area contributed by atoms with Gasteiger partial charge >= 0.3 is 0 Å². The summed E-state index contributed by atoms with van der Waals surface area (Å²) in [5, 5.41) is 4.62. The van der Waals surface area contributed by atoms with Crippen molar-refractivity contribution in [3.05, 3.63) is 101 Å². The van der Waals surface area contributed by atoms with Crippen LogP contribution in [0, 0.1) is 29.1 Å². The zero-order valence-corrected chi connectivity index (χ0v) is 22.4. The predicted molar refractivity (Wildman–Crippen MR) is 152 cm³/mol. The van der Waals surface area contributed by atoms with Crippen LogP contribution in [-0.4, -0.2) is 23.9 Å². The summed E-state index contributed by atoms with van der Waals surface area (Å²) in [6.07, 6.45) is 6.31. The Balaban J connectivity index is 1.26. The maximum atomic E-state index is 14.3. The fourth-order valence-electron chi connectivity index (χ4n) is 9.00. The molecule has 40 heavy (non-hydrogen) atoms. The van der Waals surface area contributed by atoms with Crippen molar-refractivity contribution in [1.82, 2.24) is 5.43 Å². The van der Waals surface area contributed by atoms with Gasteiger partial charge in [0.15, 0.2) is 0 Å². The lowest BCUT2D eigenvalue weighted by atomic mass is 9.47. The summed E-state index contributed by atoms with van der Waals surface area (Å²) in [4.78, 5) is 43.2. The SMILES string of the molecule is C[C@]12CCCC[C@@H]1[C@@H]2C(=O)N/N=C\C12c3ccccc3C(c3ccccc31)[C@@H]1C(=O)N(c3ccccc3)C(=O)[C@H]12. The molecule has 9 rings (SSSR count). The average Bonchev–Trinajstić information content (AvgIpc) is 3.53. The van der Waals surface area contributed by atoms with Gasteiger partial charge in [0.1, 0.15) is 0 Å². The van der Waals surface area contributed by atoms with Gasteiger partial charge in [-0.15, -0.1) is 0 Å². The number of hydrogen-bond acceptors (Lipinski definition) is 4. The second-order valence-electron chi connectivity index (χ2n) is 12.4. The number of hydrazone groups is 1. The Hall–Kier alpha value is -4.06. The van der Waals surface area contributed by atoms with Crippen LogP contribution in [0.4, 0.5) is 5.69 Å². The molecule has 3 amide bonds. The van der Waals surface area contributed by atoms with Gasteiger partial charge in [0, 0.05) is 18.1 Å². The second kappa shape index (κ2) is 8.23. The molecule has 6 aliphatic rings. The van der Waals surface area contributed by atoms with E-state index in [1.807, 2.05) is 54.6 Å². The second-order valence-corrected chi connectivity index (χ2v) is 12.4. The minimum atomic E-state index is -0.976. The molecular weight excluding hydrogens is 498 g/mol. The third-order valence-corrected chi connectivity index (χ3v) is 10.8. The van der Waals surface area contributed by atoms with Gasteiger partial charge in [0.2, 0.25) is 17.7 Å². The molecule has 0 unspecified atom stereocenters. The van der Waals surface area contributed by atoms with Crippen molar-refractivity contribution in [2.75, 3.05) is 4.90 Å². The highest BCUT2D eigenvalue weighted by molar-refractivity contribution is 6.25. The summed E-state index contributed by atoms with van der Waals surface area (Å²) >= 11 is 0. The first kappa shape index (κ1) is 23.8. The molecule has 6 nitrogen and oxygen atoms in total. The molecular formula is C34H31N3O3. The number of hydrogen-bond donors (Lipinski definition) is 1. The molecule has 6 heteroatoms.